The van der Waals surface area contributed by atoms with Crippen LogP contribution in [0.15, 0.2) is 54.6 Å². The number of anilines is 6. The van der Waals surface area contributed by atoms with E-state index in [1.54, 1.807) is 0 Å². The molecule has 0 fully saturated rings. The lowest BCUT2D eigenvalue weighted by molar-refractivity contribution is 1.10. The second-order valence-electron chi connectivity index (χ2n) is 11.2. The Morgan fingerprint density at radius 3 is 0.632 bits per heavy atom. The van der Waals surface area contributed by atoms with E-state index in [9.17, 15) is 0 Å². The van der Waals surface area contributed by atoms with Gasteiger partial charge >= 0.3 is 0 Å². The van der Waals surface area contributed by atoms with Crippen molar-refractivity contribution in [3.63, 3.8) is 0 Å². The van der Waals surface area contributed by atoms with Gasteiger partial charge in [-0.2, -0.15) is 0 Å². The van der Waals surface area contributed by atoms with Gasteiger partial charge in [0, 0.05) is 119 Å². The molecule has 3 aromatic carbocycles. The first-order chi connectivity index (χ1) is 17.6. The van der Waals surface area contributed by atoms with Gasteiger partial charge in [-0.1, -0.05) is 0 Å². The summed E-state index contributed by atoms with van der Waals surface area (Å²) in [4.78, 5) is 12.9. The molecule has 0 amide bonds. The Morgan fingerprint density at radius 1 is 0.342 bits per heavy atom. The lowest BCUT2D eigenvalue weighted by Gasteiger charge is -2.32. The highest BCUT2D eigenvalue weighted by molar-refractivity contribution is 7.40. The molecule has 0 bridgehead atoms. The summed E-state index contributed by atoms with van der Waals surface area (Å²) in [5.74, 6) is 0. The third-order valence-corrected chi connectivity index (χ3v) is 12.2. The average Bonchev–Trinajstić information content (AvgIpc) is 2.86. The van der Waals surface area contributed by atoms with E-state index in [0.29, 0.717) is 0 Å². The minimum Gasteiger partial charge on any atom is -0.378 e. The second-order valence-corrected chi connectivity index (χ2v) is 16.0. The van der Waals surface area contributed by atoms with Gasteiger partial charge in [-0.25, -0.2) is 0 Å². The van der Waals surface area contributed by atoms with E-state index >= 15 is 0 Å². The van der Waals surface area contributed by atoms with E-state index in [4.69, 9.17) is 11.1 Å². The second kappa shape index (κ2) is 11.4. The van der Waals surface area contributed by atoms with Crippen LogP contribution in [0.1, 0.15) is 0 Å². The summed E-state index contributed by atoms with van der Waals surface area (Å²) in [5, 5.41) is 3.49. The zero-order valence-electron chi connectivity index (χ0n) is 25.3. The maximum atomic E-state index is 8.20. The molecular weight excluding hydrogens is 508 g/mol. The summed E-state index contributed by atoms with van der Waals surface area (Å²) in [6.07, 6.45) is 0. The molecule has 0 aliphatic carbocycles. The van der Waals surface area contributed by atoms with Crippen molar-refractivity contribution in [3.05, 3.63) is 54.6 Å². The molecule has 0 unspecified atom stereocenters. The fraction of sp³-hybridized carbons (Fsp3) is 0.400. The number of benzene rings is 3. The molecular formula is C30H45ClN6Si. The van der Waals surface area contributed by atoms with Gasteiger partial charge in [0.05, 0.1) is 0 Å². The van der Waals surface area contributed by atoms with Crippen LogP contribution in [-0.2, 0) is 0 Å². The zero-order chi connectivity index (χ0) is 28.5. The van der Waals surface area contributed by atoms with Gasteiger partial charge < -0.3 is 29.4 Å². The van der Waals surface area contributed by atoms with Crippen LogP contribution in [0.5, 0.6) is 0 Å². The van der Waals surface area contributed by atoms with Crippen LogP contribution in [0.4, 0.5) is 34.1 Å². The van der Waals surface area contributed by atoms with E-state index in [1.807, 2.05) is 0 Å². The molecule has 0 N–H and O–H groups in total. The highest BCUT2D eigenvalue weighted by Gasteiger charge is 2.40. The van der Waals surface area contributed by atoms with Gasteiger partial charge in [0.15, 0.2) is 0 Å². The summed E-state index contributed by atoms with van der Waals surface area (Å²) in [6.45, 7) is 0. The molecule has 0 heterocycles. The lowest BCUT2D eigenvalue weighted by atomic mass is 10.2. The van der Waals surface area contributed by atoms with Crippen molar-refractivity contribution < 1.29 is 0 Å². The molecule has 0 saturated carbocycles. The molecule has 0 aromatic heterocycles. The minimum atomic E-state index is -3.03. The van der Waals surface area contributed by atoms with Crippen LogP contribution in [0.3, 0.4) is 0 Å². The molecule has 3 rings (SSSR count). The normalized spacial score (nSPS) is 11.3. The maximum Gasteiger partial charge on any atom is 0.248 e. The lowest BCUT2D eigenvalue weighted by Crippen LogP contribution is -2.63. The van der Waals surface area contributed by atoms with Crippen molar-refractivity contribution in [2.24, 2.45) is 0 Å². The van der Waals surface area contributed by atoms with Crippen LogP contribution < -0.4 is 45.0 Å². The summed E-state index contributed by atoms with van der Waals surface area (Å²) in [7, 11) is 22.0. The Balaban J connectivity index is 2.52. The summed E-state index contributed by atoms with van der Waals surface area (Å²) in [5.41, 5.74) is 6.82. The number of nitrogens with zero attached hydrogens (tertiary/aromatic N) is 6. The largest absolute Gasteiger partial charge is 0.378 e. The predicted molar refractivity (Wildman–Crippen MR) is 176 cm³/mol. The highest BCUT2D eigenvalue weighted by atomic mass is 35.6. The Labute approximate surface area is 236 Å². The van der Waals surface area contributed by atoms with Crippen molar-refractivity contribution in [3.8, 4) is 0 Å². The van der Waals surface area contributed by atoms with Gasteiger partial charge in [0.25, 0.3) is 0 Å². The molecule has 0 radical (unpaired) electrons. The van der Waals surface area contributed by atoms with Crippen molar-refractivity contribution in [2.45, 2.75) is 0 Å². The SMILES string of the molecule is CN(C)c1cc(N(C)C)cc([Si](Cl)(c2cc(N(C)C)cc(N(C)C)c2)c2cc(N(C)C)cc(N(C)C)c2)c1. The standard InChI is InChI=1S/C30H45ClN6Si/c1-32(2)22-13-23(33(3)4)17-28(16-22)38(31,29-18-24(34(5)6)14-25(19-29)35(7)8)30-20-26(36(9)10)15-27(21-30)37(11)12/h13-21H,1-12H3. The van der Waals surface area contributed by atoms with Crippen LogP contribution in [0.25, 0.3) is 0 Å². The fourth-order valence-electron chi connectivity index (χ4n) is 4.43. The average molecular weight is 553 g/mol. The Bertz CT molecular complexity index is 1040. The van der Waals surface area contributed by atoms with Crippen LogP contribution in [0, 0.1) is 0 Å². The van der Waals surface area contributed by atoms with Gasteiger partial charge in [-0.3, -0.25) is 0 Å². The first-order valence-corrected chi connectivity index (χ1v) is 15.9. The topological polar surface area (TPSA) is 19.4 Å². The Kier molecular flexibility index (Phi) is 8.84. The molecule has 206 valence electrons. The first kappa shape index (κ1) is 29.5. The van der Waals surface area contributed by atoms with Gasteiger partial charge in [-0.15, -0.1) is 11.1 Å². The fourth-order valence-corrected chi connectivity index (χ4v) is 8.49. The molecule has 3 aromatic rings. The number of rotatable bonds is 9. The molecule has 38 heavy (non-hydrogen) atoms. The van der Waals surface area contributed by atoms with Gasteiger partial charge in [0.2, 0.25) is 7.38 Å². The summed E-state index contributed by atoms with van der Waals surface area (Å²) in [6, 6.07) is 20.3. The predicted octanol–water partition coefficient (Wildman–Crippen LogP) is 3.29. The van der Waals surface area contributed by atoms with E-state index in [1.165, 1.54) is 0 Å². The van der Waals surface area contributed by atoms with Gasteiger partial charge in [0.1, 0.15) is 0 Å². The first-order valence-electron chi connectivity index (χ1n) is 12.8. The Hall–Kier alpha value is -3.03. The monoisotopic (exact) mass is 552 g/mol. The van der Waals surface area contributed by atoms with E-state index in [0.717, 1.165) is 49.7 Å². The van der Waals surface area contributed by atoms with Crippen molar-refractivity contribution >= 4 is 68.1 Å². The molecule has 0 spiro atoms. The summed E-state index contributed by atoms with van der Waals surface area (Å²) >= 11 is 8.20. The zero-order valence-corrected chi connectivity index (χ0v) is 27.0. The van der Waals surface area contributed by atoms with E-state index < -0.39 is 7.38 Å². The molecule has 0 saturated heterocycles. The summed E-state index contributed by atoms with van der Waals surface area (Å²) < 4.78 is 0. The molecule has 6 nitrogen and oxygen atoms in total. The number of hydrogen-bond acceptors (Lipinski definition) is 6. The molecule has 8 heteroatoms. The van der Waals surface area contributed by atoms with Crippen molar-refractivity contribution in [1.82, 2.24) is 0 Å². The van der Waals surface area contributed by atoms with E-state index in [-0.39, 0.29) is 0 Å². The minimum absolute atomic E-state index is 1.14. The van der Waals surface area contributed by atoms with Crippen LogP contribution >= 0.6 is 11.1 Å². The van der Waals surface area contributed by atoms with Crippen molar-refractivity contribution in [1.29, 1.82) is 0 Å². The van der Waals surface area contributed by atoms with Gasteiger partial charge in [-0.05, 0) is 70.2 Å². The number of hydrogen-bond donors (Lipinski definition) is 0. The molecule has 0 atom stereocenters. The Morgan fingerprint density at radius 2 is 0.500 bits per heavy atom. The quantitative estimate of drug-likeness (QED) is 0.229. The van der Waals surface area contributed by atoms with Crippen LogP contribution in [-0.4, -0.2) is 92.0 Å². The van der Waals surface area contributed by atoms with Crippen molar-refractivity contribution in [2.75, 3.05) is 114 Å². The highest BCUT2D eigenvalue weighted by Crippen LogP contribution is 2.28. The molecule has 0 aliphatic rings. The third-order valence-electron chi connectivity index (χ3n) is 7.00. The van der Waals surface area contributed by atoms with E-state index in [2.05, 4.69) is 169 Å². The third kappa shape index (κ3) is 5.99. The maximum absolute atomic E-state index is 8.20. The van der Waals surface area contributed by atoms with Crippen LogP contribution in [0.2, 0.25) is 0 Å². The molecule has 0 aliphatic heterocycles. The smallest absolute Gasteiger partial charge is 0.248 e. The number of halogens is 1.